The normalized spacial score (nSPS) is 16.6. The fraction of sp³-hybridized carbons (Fsp3) is 0.421. The van der Waals surface area contributed by atoms with E-state index in [1.807, 2.05) is 37.3 Å². The third-order valence-corrected chi connectivity index (χ3v) is 4.38. The predicted octanol–water partition coefficient (Wildman–Crippen LogP) is 4.06. The molecule has 1 saturated carbocycles. The average molecular weight is 297 g/mol. The van der Waals surface area contributed by atoms with E-state index >= 15 is 0 Å². The fourth-order valence-electron chi connectivity index (χ4n) is 3.14. The lowest BCUT2D eigenvalue weighted by molar-refractivity contribution is -0.128. The second kappa shape index (κ2) is 6.82. The van der Waals surface area contributed by atoms with E-state index < -0.39 is 6.10 Å². The molecule has 1 N–H and O–H groups in total. The SMILES string of the molecule is CC[C@H](Oc1cccc2ccccc12)C(=O)NC1CCCC1. The second-order valence-corrected chi connectivity index (χ2v) is 5.98. The molecule has 1 aliphatic rings. The van der Waals surface area contributed by atoms with Crippen LogP contribution in [0.2, 0.25) is 0 Å². The first kappa shape index (κ1) is 14.9. The van der Waals surface area contributed by atoms with Gasteiger partial charge in [0.2, 0.25) is 0 Å². The minimum absolute atomic E-state index is 0.0161. The first-order valence-electron chi connectivity index (χ1n) is 8.22. The van der Waals surface area contributed by atoms with E-state index in [0.29, 0.717) is 12.5 Å². The summed E-state index contributed by atoms with van der Waals surface area (Å²) in [6.07, 6.45) is 4.86. The number of benzene rings is 2. The number of hydrogen-bond acceptors (Lipinski definition) is 2. The molecule has 0 saturated heterocycles. The lowest BCUT2D eigenvalue weighted by atomic mass is 10.1. The molecule has 0 bridgehead atoms. The Balaban J connectivity index is 1.74. The van der Waals surface area contributed by atoms with Crippen LogP contribution in [0.4, 0.5) is 0 Å². The molecule has 3 heteroatoms. The summed E-state index contributed by atoms with van der Waals surface area (Å²) in [5.74, 6) is 0.800. The molecule has 0 spiro atoms. The summed E-state index contributed by atoms with van der Waals surface area (Å²) < 4.78 is 6.04. The molecular formula is C19H23NO2. The lowest BCUT2D eigenvalue weighted by Gasteiger charge is -2.21. The standard InChI is InChI=1S/C19H23NO2/c1-2-17(19(21)20-15-10-4-5-11-15)22-18-13-7-9-14-8-3-6-12-16(14)18/h3,6-9,12-13,15,17H,2,4-5,10-11H2,1H3,(H,20,21)/t17-/m0/s1. The number of carbonyl (C=O) groups is 1. The van der Waals surface area contributed by atoms with Crippen LogP contribution < -0.4 is 10.1 Å². The van der Waals surface area contributed by atoms with E-state index in [9.17, 15) is 4.79 Å². The maximum Gasteiger partial charge on any atom is 0.261 e. The lowest BCUT2D eigenvalue weighted by Crippen LogP contribution is -2.42. The van der Waals surface area contributed by atoms with Crippen LogP contribution in [0.3, 0.4) is 0 Å². The Morgan fingerprint density at radius 2 is 1.91 bits per heavy atom. The first-order valence-corrected chi connectivity index (χ1v) is 8.22. The summed E-state index contributed by atoms with van der Waals surface area (Å²) in [7, 11) is 0. The van der Waals surface area contributed by atoms with Gasteiger partial charge in [-0.3, -0.25) is 4.79 Å². The van der Waals surface area contributed by atoms with Crippen LogP contribution in [-0.4, -0.2) is 18.1 Å². The maximum absolute atomic E-state index is 12.4. The Kier molecular flexibility index (Phi) is 4.62. The molecule has 1 aliphatic carbocycles. The molecular weight excluding hydrogens is 274 g/mol. The Labute approximate surface area is 131 Å². The molecule has 0 heterocycles. The van der Waals surface area contributed by atoms with E-state index in [2.05, 4.69) is 17.4 Å². The summed E-state index contributed by atoms with van der Waals surface area (Å²) in [5, 5.41) is 5.32. The summed E-state index contributed by atoms with van der Waals surface area (Å²) in [6.45, 7) is 1.99. The van der Waals surface area contributed by atoms with Crippen molar-refractivity contribution in [3.05, 3.63) is 42.5 Å². The molecule has 0 aromatic heterocycles. The topological polar surface area (TPSA) is 38.3 Å². The zero-order valence-electron chi connectivity index (χ0n) is 13.0. The van der Waals surface area contributed by atoms with Gasteiger partial charge in [0.25, 0.3) is 5.91 Å². The Morgan fingerprint density at radius 3 is 2.68 bits per heavy atom. The van der Waals surface area contributed by atoms with Gasteiger partial charge in [-0.1, -0.05) is 56.2 Å². The molecule has 3 rings (SSSR count). The Bertz CT molecular complexity index is 641. The summed E-state index contributed by atoms with van der Waals surface area (Å²) in [6, 6.07) is 14.4. The molecule has 1 amide bonds. The van der Waals surface area contributed by atoms with Crippen LogP contribution in [0.1, 0.15) is 39.0 Å². The highest BCUT2D eigenvalue weighted by molar-refractivity contribution is 5.89. The molecule has 22 heavy (non-hydrogen) atoms. The van der Waals surface area contributed by atoms with Gasteiger partial charge in [0.1, 0.15) is 5.75 Å². The van der Waals surface area contributed by atoms with Gasteiger partial charge in [-0.05, 0) is 30.7 Å². The average Bonchev–Trinajstić information content (AvgIpc) is 3.05. The highest BCUT2D eigenvalue weighted by Gasteiger charge is 2.24. The number of ether oxygens (including phenoxy) is 1. The smallest absolute Gasteiger partial charge is 0.261 e. The van der Waals surface area contributed by atoms with Gasteiger partial charge in [-0.2, -0.15) is 0 Å². The molecule has 1 fully saturated rings. The highest BCUT2D eigenvalue weighted by atomic mass is 16.5. The predicted molar refractivity (Wildman–Crippen MR) is 89.1 cm³/mol. The van der Waals surface area contributed by atoms with Gasteiger partial charge < -0.3 is 10.1 Å². The number of carbonyl (C=O) groups excluding carboxylic acids is 1. The van der Waals surface area contributed by atoms with E-state index in [1.54, 1.807) is 0 Å². The van der Waals surface area contributed by atoms with Crippen LogP contribution >= 0.6 is 0 Å². The molecule has 0 unspecified atom stereocenters. The third-order valence-electron chi connectivity index (χ3n) is 4.38. The highest BCUT2D eigenvalue weighted by Crippen LogP contribution is 2.26. The van der Waals surface area contributed by atoms with E-state index in [-0.39, 0.29) is 5.91 Å². The van der Waals surface area contributed by atoms with Gasteiger partial charge in [-0.15, -0.1) is 0 Å². The third kappa shape index (κ3) is 3.24. The number of rotatable bonds is 5. The largest absolute Gasteiger partial charge is 0.480 e. The van der Waals surface area contributed by atoms with Crippen molar-refractivity contribution in [3.63, 3.8) is 0 Å². The van der Waals surface area contributed by atoms with E-state index in [1.165, 1.54) is 12.8 Å². The van der Waals surface area contributed by atoms with Crippen molar-refractivity contribution in [2.75, 3.05) is 0 Å². The zero-order valence-corrected chi connectivity index (χ0v) is 13.0. The van der Waals surface area contributed by atoms with Gasteiger partial charge in [0.15, 0.2) is 6.10 Å². The number of amides is 1. The van der Waals surface area contributed by atoms with E-state index in [4.69, 9.17) is 4.74 Å². The van der Waals surface area contributed by atoms with E-state index in [0.717, 1.165) is 29.4 Å². The quantitative estimate of drug-likeness (QED) is 0.904. The zero-order chi connectivity index (χ0) is 15.4. The molecule has 0 aliphatic heterocycles. The Morgan fingerprint density at radius 1 is 1.18 bits per heavy atom. The van der Waals surface area contributed by atoms with Crippen molar-refractivity contribution in [1.29, 1.82) is 0 Å². The van der Waals surface area contributed by atoms with Crippen LogP contribution in [-0.2, 0) is 4.79 Å². The van der Waals surface area contributed by atoms with Crippen LogP contribution in [0.5, 0.6) is 5.75 Å². The molecule has 1 atom stereocenters. The van der Waals surface area contributed by atoms with Crippen LogP contribution in [0.15, 0.2) is 42.5 Å². The van der Waals surface area contributed by atoms with Crippen molar-refractivity contribution in [3.8, 4) is 5.75 Å². The van der Waals surface area contributed by atoms with Gasteiger partial charge in [-0.25, -0.2) is 0 Å². The minimum atomic E-state index is -0.425. The monoisotopic (exact) mass is 297 g/mol. The molecule has 3 nitrogen and oxygen atoms in total. The molecule has 116 valence electrons. The summed E-state index contributed by atoms with van der Waals surface area (Å²) in [4.78, 5) is 12.4. The van der Waals surface area contributed by atoms with Gasteiger partial charge in [0, 0.05) is 11.4 Å². The maximum atomic E-state index is 12.4. The van der Waals surface area contributed by atoms with Crippen molar-refractivity contribution in [2.45, 2.75) is 51.2 Å². The number of hydrogen-bond donors (Lipinski definition) is 1. The van der Waals surface area contributed by atoms with Crippen molar-refractivity contribution >= 4 is 16.7 Å². The van der Waals surface area contributed by atoms with Crippen LogP contribution in [0.25, 0.3) is 10.8 Å². The van der Waals surface area contributed by atoms with Crippen molar-refractivity contribution < 1.29 is 9.53 Å². The van der Waals surface area contributed by atoms with Gasteiger partial charge >= 0.3 is 0 Å². The van der Waals surface area contributed by atoms with Crippen molar-refractivity contribution in [2.24, 2.45) is 0 Å². The summed E-state index contributed by atoms with van der Waals surface area (Å²) >= 11 is 0. The molecule has 2 aromatic rings. The molecule has 0 radical (unpaired) electrons. The number of nitrogens with one attached hydrogen (secondary N) is 1. The fourth-order valence-corrected chi connectivity index (χ4v) is 3.14. The van der Waals surface area contributed by atoms with Gasteiger partial charge in [0.05, 0.1) is 0 Å². The van der Waals surface area contributed by atoms with Crippen LogP contribution in [0, 0.1) is 0 Å². The molecule has 2 aromatic carbocycles. The first-order chi connectivity index (χ1) is 10.8. The summed E-state index contributed by atoms with van der Waals surface area (Å²) in [5.41, 5.74) is 0. The minimum Gasteiger partial charge on any atom is -0.480 e. The van der Waals surface area contributed by atoms with Crippen molar-refractivity contribution in [1.82, 2.24) is 5.32 Å². The Hall–Kier alpha value is -2.03. The number of fused-ring (bicyclic) bond motifs is 1. The second-order valence-electron chi connectivity index (χ2n) is 5.98.